The first-order chi connectivity index (χ1) is 7.81. The highest BCUT2D eigenvalue weighted by Crippen LogP contribution is 2.12. The summed E-state index contributed by atoms with van der Waals surface area (Å²) in [6, 6.07) is 0.0648. The van der Waals surface area contributed by atoms with Crippen LogP contribution in [-0.4, -0.2) is 41.6 Å². The van der Waals surface area contributed by atoms with E-state index in [0.29, 0.717) is 19.5 Å². The molecule has 1 atom stereocenters. The van der Waals surface area contributed by atoms with Gasteiger partial charge >= 0.3 is 6.09 Å². The molecule has 1 heterocycles. The number of hydrogen-bond acceptors (Lipinski definition) is 3. The molecule has 0 aromatic rings. The Morgan fingerprint density at radius 3 is 2.59 bits per heavy atom. The quantitative estimate of drug-likeness (QED) is 0.816. The average molecular weight is 242 g/mol. The third-order valence-corrected chi connectivity index (χ3v) is 2.56. The van der Waals surface area contributed by atoms with Crippen molar-refractivity contribution in [3.8, 4) is 0 Å². The molecule has 0 unspecified atom stereocenters. The second-order valence-electron chi connectivity index (χ2n) is 5.32. The zero-order valence-corrected chi connectivity index (χ0v) is 11.1. The van der Waals surface area contributed by atoms with Crippen LogP contribution in [0.4, 0.5) is 4.79 Å². The van der Waals surface area contributed by atoms with Crippen LogP contribution in [0.3, 0.4) is 0 Å². The first-order valence-electron chi connectivity index (χ1n) is 6.09. The van der Waals surface area contributed by atoms with Gasteiger partial charge in [-0.05, 0) is 34.1 Å². The van der Waals surface area contributed by atoms with E-state index in [1.807, 2.05) is 27.7 Å². The van der Waals surface area contributed by atoms with Gasteiger partial charge < -0.3 is 15.0 Å². The Balaban J connectivity index is 2.47. The fourth-order valence-corrected chi connectivity index (χ4v) is 1.74. The van der Waals surface area contributed by atoms with Crippen LogP contribution in [0.5, 0.6) is 0 Å². The first-order valence-corrected chi connectivity index (χ1v) is 6.09. The van der Waals surface area contributed by atoms with Crippen LogP contribution < -0.4 is 5.32 Å². The maximum absolute atomic E-state index is 11.9. The van der Waals surface area contributed by atoms with Crippen molar-refractivity contribution < 1.29 is 14.3 Å². The molecular formula is C12H22N2O3. The summed E-state index contributed by atoms with van der Waals surface area (Å²) in [6.45, 7) is 8.54. The summed E-state index contributed by atoms with van der Waals surface area (Å²) in [7, 11) is 0. The van der Waals surface area contributed by atoms with Gasteiger partial charge in [0, 0.05) is 25.6 Å². The fraction of sp³-hybridized carbons (Fsp3) is 0.833. The number of amides is 2. The minimum Gasteiger partial charge on any atom is -0.444 e. The molecule has 0 aliphatic carbocycles. The summed E-state index contributed by atoms with van der Waals surface area (Å²) < 4.78 is 5.30. The highest BCUT2D eigenvalue weighted by molar-refractivity contribution is 5.78. The molecule has 0 bridgehead atoms. The molecule has 0 aromatic heterocycles. The molecule has 5 nitrogen and oxygen atoms in total. The summed E-state index contributed by atoms with van der Waals surface area (Å²) in [4.78, 5) is 24.6. The Kier molecular flexibility index (Phi) is 4.37. The molecule has 0 aromatic carbocycles. The monoisotopic (exact) mass is 242 g/mol. The number of likely N-dealkylation sites (N-methyl/N-ethyl adjacent to an activating group) is 1. The lowest BCUT2D eigenvalue weighted by Crippen LogP contribution is -2.44. The molecule has 0 radical (unpaired) electrons. The number of rotatable bonds is 3. The zero-order valence-electron chi connectivity index (χ0n) is 11.1. The number of hydrogen-bond donors (Lipinski definition) is 1. The normalized spacial score (nSPS) is 20.0. The molecule has 1 saturated heterocycles. The van der Waals surface area contributed by atoms with Crippen LogP contribution in [0.2, 0.25) is 0 Å². The lowest BCUT2D eigenvalue weighted by molar-refractivity contribution is -0.119. The van der Waals surface area contributed by atoms with Crippen molar-refractivity contribution in [2.24, 2.45) is 0 Å². The van der Waals surface area contributed by atoms with Gasteiger partial charge in [0.1, 0.15) is 5.60 Å². The van der Waals surface area contributed by atoms with Gasteiger partial charge in [0.05, 0.1) is 0 Å². The molecule has 5 heteroatoms. The Bertz CT molecular complexity index is 297. The van der Waals surface area contributed by atoms with E-state index in [-0.39, 0.29) is 18.0 Å². The third kappa shape index (κ3) is 4.63. The summed E-state index contributed by atoms with van der Waals surface area (Å²) in [5.74, 6) is 0.0650. The molecule has 1 N–H and O–H groups in total. The summed E-state index contributed by atoms with van der Waals surface area (Å²) in [5, 5.41) is 2.85. The molecule has 1 aliphatic heterocycles. The van der Waals surface area contributed by atoms with Crippen LogP contribution in [0.25, 0.3) is 0 Å². The topological polar surface area (TPSA) is 58.6 Å². The summed E-state index contributed by atoms with van der Waals surface area (Å²) >= 11 is 0. The van der Waals surface area contributed by atoms with E-state index in [2.05, 4.69) is 5.32 Å². The van der Waals surface area contributed by atoms with Crippen molar-refractivity contribution in [2.45, 2.75) is 52.2 Å². The van der Waals surface area contributed by atoms with Gasteiger partial charge in [-0.3, -0.25) is 4.79 Å². The van der Waals surface area contributed by atoms with E-state index < -0.39 is 5.60 Å². The summed E-state index contributed by atoms with van der Waals surface area (Å²) in [5.41, 5.74) is -0.483. The third-order valence-electron chi connectivity index (χ3n) is 2.56. The second kappa shape index (κ2) is 5.38. The molecular weight excluding hydrogens is 220 g/mol. The SMILES string of the molecule is CCN(C[C@@H]1CCC(=O)N1)C(=O)OC(C)(C)C. The number of carbonyl (C=O) groups is 2. The lowest BCUT2D eigenvalue weighted by Gasteiger charge is -2.28. The van der Waals surface area contributed by atoms with E-state index >= 15 is 0 Å². The Morgan fingerprint density at radius 1 is 1.53 bits per heavy atom. The van der Waals surface area contributed by atoms with E-state index in [4.69, 9.17) is 4.74 Å². The van der Waals surface area contributed by atoms with Gasteiger partial charge in [-0.2, -0.15) is 0 Å². The molecule has 2 amide bonds. The molecule has 1 fully saturated rings. The molecule has 1 aliphatic rings. The van der Waals surface area contributed by atoms with E-state index in [1.165, 1.54) is 0 Å². The van der Waals surface area contributed by atoms with Crippen LogP contribution in [-0.2, 0) is 9.53 Å². The number of carbonyl (C=O) groups excluding carboxylic acids is 2. The van der Waals surface area contributed by atoms with E-state index in [9.17, 15) is 9.59 Å². The van der Waals surface area contributed by atoms with Crippen molar-refractivity contribution in [3.63, 3.8) is 0 Å². The molecule has 0 saturated carbocycles. The number of ether oxygens (including phenoxy) is 1. The number of nitrogens with zero attached hydrogens (tertiary/aromatic N) is 1. The van der Waals surface area contributed by atoms with Gasteiger partial charge in [-0.25, -0.2) is 4.79 Å². The Morgan fingerprint density at radius 2 is 2.18 bits per heavy atom. The van der Waals surface area contributed by atoms with Gasteiger partial charge in [-0.1, -0.05) is 0 Å². The summed E-state index contributed by atoms with van der Waals surface area (Å²) in [6.07, 6.45) is 1.02. The Hall–Kier alpha value is -1.26. The minimum atomic E-state index is -0.483. The van der Waals surface area contributed by atoms with Crippen molar-refractivity contribution in [1.82, 2.24) is 10.2 Å². The zero-order chi connectivity index (χ0) is 13.1. The van der Waals surface area contributed by atoms with Gasteiger partial charge in [0.15, 0.2) is 0 Å². The molecule has 17 heavy (non-hydrogen) atoms. The maximum atomic E-state index is 11.9. The highest BCUT2D eigenvalue weighted by atomic mass is 16.6. The van der Waals surface area contributed by atoms with Crippen molar-refractivity contribution >= 4 is 12.0 Å². The standard InChI is InChI=1S/C12H22N2O3/c1-5-14(11(16)17-12(2,3)4)8-9-6-7-10(15)13-9/h9H,5-8H2,1-4H3,(H,13,15)/t9-/m0/s1. The fourth-order valence-electron chi connectivity index (χ4n) is 1.74. The van der Waals surface area contributed by atoms with Gasteiger partial charge in [-0.15, -0.1) is 0 Å². The minimum absolute atomic E-state index is 0.0648. The predicted molar refractivity (Wildman–Crippen MR) is 64.6 cm³/mol. The van der Waals surface area contributed by atoms with Crippen molar-refractivity contribution in [3.05, 3.63) is 0 Å². The molecule has 0 spiro atoms. The van der Waals surface area contributed by atoms with Crippen LogP contribution in [0.1, 0.15) is 40.5 Å². The predicted octanol–water partition coefficient (Wildman–Crippen LogP) is 1.52. The molecule has 98 valence electrons. The number of nitrogens with one attached hydrogen (secondary N) is 1. The second-order valence-corrected chi connectivity index (χ2v) is 5.32. The average Bonchev–Trinajstić information content (AvgIpc) is 2.57. The first kappa shape index (κ1) is 13.8. The van der Waals surface area contributed by atoms with Gasteiger partial charge in [0.2, 0.25) is 5.91 Å². The van der Waals surface area contributed by atoms with Crippen molar-refractivity contribution in [1.29, 1.82) is 0 Å². The van der Waals surface area contributed by atoms with E-state index in [1.54, 1.807) is 4.90 Å². The maximum Gasteiger partial charge on any atom is 0.410 e. The van der Waals surface area contributed by atoms with E-state index in [0.717, 1.165) is 6.42 Å². The Labute approximate surface area is 102 Å². The van der Waals surface area contributed by atoms with Crippen LogP contribution >= 0.6 is 0 Å². The van der Waals surface area contributed by atoms with Crippen LogP contribution in [0.15, 0.2) is 0 Å². The van der Waals surface area contributed by atoms with Crippen molar-refractivity contribution in [2.75, 3.05) is 13.1 Å². The van der Waals surface area contributed by atoms with Gasteiger partial charge in [0.25, 0.3) is 0 Å². The van der Waals surface area contributed by atoms with Crippen LogP contribution in [0, 0.1) is 0 Å². The largest absolute Gasteiger partial charge is 0.444 e. The smallest absolute Gasteiger partial charge is 0.410 e. The highest BCUT2D eigenvalue weighted by Gasteiger charge is 2.27. The lowest BCUT2D eigenvalue weighted by atomic mass is 10.2. The molecule has 1 rings (SSSR count).